The van der Waals surface area contributed by atoms with Crippen molar-refractivity contribution in [1.29, 1.82) is 0 Å². The maximum atomic E-state index is 12.8. The lowest BCUT2D eigenvalue weighted by molar-refractivity contribution is 0.813. The second-order valence-corrected chi connectivity index (χ2v) is 6.04. The number of rotatable bonds is 1. The van der Waals surface area contributed by atoms with Gasteiger partial charge in [0.05, 0.1) is 15.9 Å². The Labute approximate surface area is 128 Å². The number of hydrogen-bond donors (Lipinski definition) is 0. The highest BCUT2D eigenvalue weighted by Crippen LogP contribution is 2.22. The van der Waals surface area contributed by atoms with E-state index in [0.717, 1.165) is 20.3 Å². The van der Waals surface area contributed by atoms with Gasteiger partial charge in [-0.05, 0) is 31.2 Å². The summed E-state index contributed by atoms with van der Waals surface area (Å²) >= 11 is 1.33. The molecule has 0 aliphatic heterocycles. The first-order valence-electron chi connectivity index (χ1n) is 6.75. The van der Waals surface area contributed by atoms with Crippen LogP contribution >= 0.6 is 11.3 Å². The average molecular weight is 309 g/mol. The standard InChI is InChI=1S/C16H11N3O2S/c1-10-6-8-11(9-7-10)18-14(20)17-15-19(16(18)21)12-4-2-3-5-13(12)22-15/h2-9H,1H3. The first-order valence-corrected chi connectivity index (χ1v) is 7.57. The molecule has 2 aromatic heterocycles. The van der Waals surface area contributed by atoms with E-state index in [1.807, 2.05) is 43.3 Å². The van der Waals surface area contributed by atoms with E-state index in [1.54, 1.807) is 12.1 Å². The van der Waals surface area contributed by atoms with Crippen molar-refractivity contribution in [3.63, 3.8) is 0 Å². The Hall–Kier alpha value is -2.73. The molecule has 4 rings (SSSR count). The highest BCUT2D eigenvalue weighted by atomic mass is 32.1. The molecule has 2 aromatic carbocycles. The summed E-state index contributed by atoms with van der Waals surface area (Å²) in [5.41, 5.74) is 1.40. The van der Waals surface area contributed by atoms with Crippen LogP contribution in [-0.2, 0) is 0 Å². The lowest BCUT2D eigenvalue weighted by atomic mass is 10.2. The van der Waals surface area contributed by atoms with E-state index in [4.69, 9.17) is 0 Å². The van der Waals surface area contributed by atoms with Crippen LogP contribution in [0.5, 0.6) is 0 Å². The maximum Gasteiger partial charge on any atom is 0.359 e. The van der Waals surface area contributed by atoms with Gasteiger partial charge in [0, 0.05) is 0 Å². The van der Waals surface area contributed by atoms with E-state index in [0.29, 0.717) is 10.6 Å². The van der Waals surface area contributed by atoms with E-state index in [9.17, 15) is 9.59 Å². The van der Waals surface area contributed by atoms with Gasteiger partial charge in [0.2, 0.25) is 4.96 Å². The van der Waals surface area contributed by atoms with Crippen LogP contribution in [0, 0.1) is 6.92 Å². The molecule has 22 heavy (non-hydrogen) atoms. The zero-order chi connectivity index (χ0) is 15.3. The molecule has 0 saturated heterocycles. The lowest BCUT2D eigenvalue weighted by Gasteiger charge is -2.05. The van der Waals surface area contributed by atoms with Gasteiger partial charge < -0.3 is 0 Å². The summed E-state index contributed by atoms with van der Waals surface area (Å²) in [7, 11) is 0. The van der Waals surface area contributed by atoms with Crippen molar-refractivity contribution in [1.82, 2.24) is 14.0 Å². The minimum atomic E-state index is -0.555. The molecule has 0 aliphatic rings. The maximum absolute atomic E-state index is 12.8. The fourth-order valence-electron chi connectivity index (χ4n) is 2.46. The van der Waals surface area contributed by atoms with Crippen molar-refractivity contribution in [2.75, 3.05) is 0 Å². The van der Waals surface area contributed by atoms with Crippen LogP contribution in [0.15, 0.2) is 58.1 Å². The smallest absolute Gasteiger partial charge is 0.247 e. The molecule has 4 aromatic rings. The summed E-state index contributed by atoms with van der Waals surface area (Å²) < 4.78 is 3.51. The zero-order valence-corrected chi connectivity index (χ0v) is 12.5. The molecule has 0 aliphatic carbocycles. The third-order valence-corrected chi connectivity index (χ3v) is 4.58. The molecular formula is C16H11N3O2S. The van der Waals surface area contributed by atoms with Crippen LogP contribution in [-0.4, -0.2) is 14.0 Å². The Bertz CT molecular complexity index is 1120. The van der Waals surface area contributed by atoms with Gasteiger partial charge in [-0.3, -0.25) is 0 Å². The normalized spacial score (nSPS) is 11.3. The Morgan fingerprint density at radius 3 is 2.50 bits per heavy atom. The van der Waals surface area contributed by atoms with Crippen LogP contribution in [0.25, 0.3) is 20.9 Å². The number of benzene rings is 2. The first-order chi connectivity index (χ1) is 10.6. The Morgan fingerprint density at radius 2 is 1.73 bits per heavy atom. The van der Waals surface area contributed by atoms with Crippen molar-refractivity contribution < 1.29 is 0 Å². The van der Waals surface area contributed by atoms with Gasteiger partial charge in [-0.15, -0.1) is 0 Å². The topological polar surface area (TPSA) is 56.4 Å². The number of aryl methyl sites for hydroxylation is 1. The quantitative estimate of drug-likeness (QED) is 0.542. The molecule has 6 heteroatoms. The van der Waals surface area contributed by atoms with Gasteiger partial charge in [-0.2, -0.15) is 4.98 Å². The van der Waals surface area contributed by atoms with E-state index < -0.39 is 11.4 Å². The molecular weight excluding hydrogens is 298 g/mol. The number of aromatic nitrogens is 3. The van der Waals surface area contributed by atoms with Crippen LogP contribution in [0.2, 0.25) is 0 Å². The monoisotopic (exact) mass is 309 g/mol. The zero-order valence-electron chi connectivity index (χ0n) is 11.7. The number of para-hydroxylation sites is 1. The molecule has 0 N–H and O–H groups in total. The van der Waals surface area contributed by atoms with Gasteiger partial charge in [0.25, 0.3) is 0 Å². The molecule has 108 valence electrons. The molecule has 0 amide bonds. The van der Waals surface area contributed by atoms with Crippen LogP contribution in [0.3, 0.4) is 0 Å². The Kier molecular flexibility index (Phi) is 2.74. The molecule has 0 saturated carbocycles. The van der Waals surface area contributed by atoms with Crippen LogP contribution in [0.4, 0.5) is 0 Å². The van der Waals surface area contributed by atoms with Crippen molar-refractivity contribution in [3.8, 4) is 5.69 Å². The predicted octanol–water partition coefficient (Wildman–Crippen LogP) is 2.37. The summed E-state index contributed by atoms with van der Waals surface area (Å²) in [6, 6.07) is 14.8. The first kappa shape index (κ1) is 13.0. The second kappa shape index (κ2) is 4.64. The van der Waals surface area contributed by atoms with Crippen LogP contribution < -0.4 is 11.4 Å². The Morgan fingerprint density at radius 1 is 1.00 bits per heavy atom. The molecule has 0 spiro atoms. The summed E-state index contributed by atoms with van der Waals surface area (Å²) in [6.45, 7) is 1.95. The Balaban J connectivity index is 2.16. The third kappa shape index (κ3) is 1.81. The number of thiazole rings is 1. The largest absolute Gasteiger partial charge is 0.359 e. The van der Waals surface area contributed by atoms with E-state index in [1.165, 1.54) is 15.7 Å². The molecule has 0 fully saturated rings. The SMILES string of the molecule is Cc1ccc(-n2c(=O)nc3sc4ccccc4n3c2=O)cc1. The summed E-state index contributed by atoms with van der Waals surface area (Å²) in [5.74, 6) is 0. The van der Waals surface area contributed by atoms with E-state index in [-0.39, 0.29) is 0 Å². The predicted molar refractivity (Wildman–Crippen MR) is 87.2 cm³/mol. The van der Waals surface area contributed by atoms with Crippen molar-refractivity contribution in [2.45, 2.75) is 6.92 Å². The van der Waals surface area contributed by atoms with Crippen molar-refractivity contribution in [3.05, 3.63) is 75.1 Å². The number of nitrogens with zero attached hydrogens (tertiary/aromatic N) is 3. The van der Waals surface area contributed by atoms with Gasteiger partial charge in [0.15, 0.2) is 0 Å². The highest BCUT2D eigenvalue weighted by molar-refractivity contribution is 7.23. The molecule has 0 bridgehead atoms. The number of hydrogen-bond acceptors (Lipinski definition) is 4. The highest BCUT2D eigenvalue weighted by Gasteiger charge is 2.13. The molecule has 0 unspecified atom stereocenters. The minimum Gasteiger partial charge on any atom is -0.247 e. The second-order valence-electron chi connectivity index (χ2n) is 5.04. The molecule has 0 radical (unpaired) electrons. The fourth-order valence-corrected chi connectivity index (χ4v) is 3.46. The molecule has 5 nitrogen and oxygen atoms in total. The van der Waals surface area contributed by atoms with Gasteiger partial charge in [-0.1, -0.05) is 41.2 Å². The van der Waals surface area contributed by atoms with E-state index >= 15 is 0 Å². The molecule has 2 heterocycles. The number of fused-ring (bicyclic) bond motifs is 3. The molecule has 0 atom stereocenters. The third-order valence-electron chi connectivity index (χ3n) is 3.56. The van der Waals surface area contributed by atoms with Gasteiger partial charge in [-0.25, -0.2) is 18.6 Å². The summed E-state index contributed by atoms with van der Waals surface area (Å²) in [4.78, 5) is 29.5. The summed E-state index contributed by atoms with van der Waals surface area (Å²) in [5, 5.41) is 0. The lowest BCUT2D eigenvalue weighted by Crippen LogP contribution is -2.37. The summed E-state index contributed by atoms with van der Waals surface area (Å²) in [6.07, 6.45) is 0. The van der Waals surface area contributed by atoms with Gasteiger partial charge >= 0.3 is 11.4 Å². The van der Waals surface area contributed by atoms with Crippen LogP contribution in [0.1, 0.15) is 5.56 Å². The average Bonchev–Trinajstić information content (AvgIpc) is 2.87. The fraction of sp³-hybridized carbons (Fsp3) is 0.0625. The van der Waals surface area contributed by atoms with Crippen molar-refractivity contribution >= 4 is 26.5 Å². The van der Waals surface area contributed by atoms with Gasteiger partial charge in [0.1, 0.15) is 0 Å². The minimum absolute atomic E-state index is 0.392. The van der Waals surface area contributed by atoms with E-state index in [2.05, 4.69) is 4.98 Å². The van der Waals surface area contributed by atoms with Crippen molar-refractivity contribution in [2.24, 2.45) is 0 Å².